The Hall–Kier alpha value is -1.78. The molecule has 29 heavy (non-hydrogen) atoms. The number of fused-ring (bicyclic) bond motifs is 3. The number of carbonyl (C=O) groups excluding carboxylic acids is 2. The topological polar surface area (TPSA) is 101 Å². The van der Waals surface area contributed by atoms with E-state index in [1.54, 1.807) is 13.8 Å². The zero-order valence-electron chi connectivity index (χ0n) is 16.9. The molecular weight excluding hydrogens is 416 g/mol. The van der Waals surface area contributed by atoms with Crippen LogP contribution in [0.25, 0.3) is 11.1 Å². The van der Waals surface area contributed by atoms with Crippen LogP contribution in [0.1, 0.15) is 39.0 Å². The fraction of sp³-hybridized carbons (Fsp3) is 0.579. The van der Waals surface area contributed by atoms with Crippen LogP contribution in [-0.4, -0.2) is 52.2 Å². The van der Waals surface area contributed by atoms with E-state index in [9.17, 15) is 9.59 Å². The number of hydrogen-bond acceptors (Lipinski definition) is 10. The molecule has 0 fully saturated rings. The van der Waals surface area contributed by atoms with Crippen LogP contribution in [0.2, 0.25) is 0 Å². The Kier molecular flexibility index (Phi) is 7.07. The first kappa shape index (κ1) is 21.9. The lowest BCUT2D eigenvalue weighted by molar-refractivity contribution is -0.140. The highest BCUT2D eigenvalue weighted by Crippen LogP contribution is 2.39. The minimum absolute atomic E-state index is 0.0951. The third kappa shape index (κ3) is 5.43. The van der Waals surface area contributed by atoms with Crippen molar-refractivity contribution in [2.45, 2.75) is 56.5 Å². The lowest BCUT2D eigenvalue weighted by atomic mass is 9.94. The molecule has 1 aliphatic rings. The Labute approximate surface area is 177 Å². The van der Waals surface area contributed by atoms with E-state index in [0.29, 0.717) is 42.1 Å². The minimum Gasteiger partial charge on any atom is -0.465 e. The third-order valence-electron chi connectivity index (χ3n) is 4.13. The van der Waals surface area contributed by atoms with Crippen molar-refractivity contribution in [2.24, 2.45) is 0 Å². The van der Waals surface area contributed by atoms with Crippen molar-refractivity contribution in [3.8, 4) is 0 Å². The number of hydrogen-bond donors (Lipinski definition) is 0. The Bertz CT molecular complexity index is 912. The van der Waals surface area contributed by atoms with E-state index in [2.05, 4.69) is 9.97 Å². The molecule has 0 saturated heterocycles. The monoisotopic (exact) mass is 440 g/mol. The molecule has 3 rings (SSSR count). The van der Waals surface area contributed by atoms with Gasteiger partial charge >= 0.3 is 11.9 Å². The molecular formula is C19H24N2O6S2. The van der Waals surface area contributed by atoms with Gasteiger partial charge in [0.05, 0.1) is 35.7 Å². The average molecular weight is 441 g/mol. The van der Waals surface area contributed by atoms with Gasteiger partial charge in [0.2, 0.25) is 5.71 Å². The van der Waals surface area contributed by atoms with Crippen LogP contribution in [-0.2, 0) is 36.8 Å². The quantitative estimate of drug-likeness (QED) is 0.263. The number of ether oxygens (including phenoxy) is 3. The minimum atomic E-state index is -0.337. The summed E-state index contributed by atoms with van der Waals surface area (Å²) in [6.07, 6.45) is 0.654. The molecule has 3 heterocycles. The van der Waals surface area contributed by atoms with Crippen molar-refractivity contribution >= 4 is 46.6 Å². The van der Waals surface area contributed by atoms with Crippen molar-refractivity contribution in [3.05, 3.63) is 11.3 Å². The van der Waals surface area contributed by atoms with Gasteiger partial charge < -0.3 is 18.6 Å². The van der Waals surface area contributed by atoms with Crippen LogP contribution in [0, 0.1) is 0 Å². The van der Waals surface area contributed by atoms with Crippen molar-refractivity contribution in [3.63, 3.8) is 0 Å². The van der Waals surface area contributed by atoms with E-state index in [-0.39, 0.29) is 29.0 Å². The number of rotatable bonds is 8. The normalized spacial score (nSPS) is 15.2. The van der Waals surface area contributed by atoms with E-state index >= 15 is 0 Å². The highest BCUT2D eigenvalue weighted by atomic mass is 32.2. The van der Waals surface area contributed by atoms with Crippen LogP contribution >= 0.6 is 23.5 Å². The number of nitrogens with zero attached hydrogens (tertiary/aromatic N) is 2. The largest absolute Gasteiger partial charge is 0.465 e. The Morgan fingerprint density at radius 3 is 2.38 bits per heavy atom. The number of furan rings is 1. The maximum absolute atomic E-state index is 11.9. The lowest BCUT2D eigenvalue weighted by Crippen LogP contribution is -2.31. The maximum Gasteiger partial charge on any atom is 0.316 e. The molecule has 0 spiro atoms. The average Bonchev–Trinajstić information content (AvgIpc) is 3.01. The Morgan fingerprint density at radius 2 is 1.72 bits per heavy atom. The molecule has 1 aliphatic heterocycles. The Balaban J connectivity index is 1.94. The van der Waals surface area contributed by atoms with Gasteiger partial charge in [0.1, 0.15) is 17.4 Å². The zero-order valence-corrected chi connectivity index (χ0v) is 18.5. The zero-order chi connectivity index (χ0) is 21.0. The second-order valence-corrected chi connectivity index (χ2v) is 8.81. The molecule has 0 amide bonds. The van der Waals surface area contributed by atoms with E-state index < -0.39 is 0 Å². The van der Waals surface area contributed by atoms with E-state index in [4.69, 9.17) is 18.6 Å². The summed E-state index contributed by atoms with van der Waals surface area (Å²) >= 11 is 2.45. The third-order valence-corrected chi connectivity index (χ3v) is 5.90. The lowest BCUT2D eigenvalue weighted by Gasteiger charge is -2.29. The van der Waals surface area contributed by atoms with E-state index in [1.165, 1.54) is 23.5 Å². The molecule has 2 aromatic heterocycles. The highest BCUT2D eigenvalue weighted by molar-refractivity contribution is 8.00. The fourth-order valence-electron chi connectivity index (χ4n) is 2.92. The molecule has 0 aromatic carbocycles. The first-order valence-electron chi connectivity index (χ1n) is 9.36. The summed E-state index contributed by atoms with van der Waals surface area (Å²) in [4.78, 5) is 32.6. The van der Waals surface area contributed by atoms with E-state index in [0.717, 1.165) is 16.7 Å². The summed E-state index contributed by atoms with van der Waals surface area (Å²) in [6, 6.07) is 0. The summed E-state index contributed by atoms with van der Waals surface area (Å²) in [7, 11) is 0. The van der Waals surface area contributed by atoms with Gasteiger partial charge in [-0.15, -0.1) is 0 Å². The van der Waals surface area contributed by atoms with Crippen LogP contribution < -0.4 is 0 Å². The molecule has 0 bridgehead atoms. The predicted molar refractivity (Wildman–Crippen MR) is 109 cm³/mol. The molecule has 0 radical (unpaired) electrons. The molecule has 8 nitrogen and oxygen atoms in total. The summed E-state index contributed by atoms with van der Waals surface area (Å²) in [5.41, 5.74) is 1.11. The molecule has 0 aliphatic carbocycles. The summed E-state index contributed by atoms with van der Waals surface area (Å²) in [6.45, 7) is 8.56. The molecule has 158 valence electrons. The molecule has 0 N–H and O–H groups in total. The number of esters is 2. The summed E-state index contributed by atoms with van der Waals surface area (Å²) < 4.78 is 21.8. The highest BCUT2D eigenvalue weighted by Gasteiger charge is 2.32. The van der Waals surface area contributed by atoms with Crippen LogP contribution in [0.5, 0.6) is 0 Å². The van der Waals surface area contributed by atoms with Gasteiger partial charge in [-0.3, -0.25) is 9.59 Å². The van der Waals surface area contributed by atoms with Crippen molar-refractivity contribution in [2.75, 3.05) is 24.7 Å². The smallest absolute Gasteiger partial charge is 0.316 e. The van der Waals surface area contributed by atoms with Crippen LogP contribution in [0.15, 0.2) is 14.6 Å². The summed E-state index contributed by atoms with van der Waals surface area (Å²) in [5, 5.41) is 1.83. The molecule has 0 atom stereocenters. The second kappa shape index (κ2) is 9.36. The molecule has 2 aromatic rings. The Morgan fingerprint density at radius 1 is 1.07 bits per heavy atom. The number of thioether (sulfide) groups is 2. The van der Waals surface area contributed by atoms with Crippen molar-refractivity contribution in [1.29, 1.82) is 0 Å². The van der Waals surface area contributed by atoms with Gasteiger partial charge in [-0.2, -0.15) is 4.98 Å². The number of carbonyl (C=O) groups is 2. The maximum atomic E-state index is 11.9. The van der Waals surface area contributed by atoms with Crippen molar-refractivity contribution in [1.82, 2.24) is 9.97 Å². The van der Waals surface area contributed by atoms with Gasteiger partial charge in [0.15, 0.2) is 5.16 Å². The summed E-state index contributed by atoms with van der Waals surface area (Å²) in [5.74, 6) is 0.292. The molecule has 10 heteroatoms. The molecule has 0 unspecified atom stereocenters. The van der Waals surface area contributed by atoms with Crippen LogP contribution in [0.3, 0.4) is 0 Å². The van der Waals surface area contributed by atoms with Gasteiger partial charge in [0.25, 0.3) is 0 Å². The van der Waals surface area contributed by atoms with Gasteiger partial charge in [-0.05, 0) is 27.7 Å². The predicted octanol–water partition coefficient (Wildman–Crippen LogP) is 3.38. The van der Waals surface area contributed by atoms with Crippen molar-refractivity contribution < 1.29 is 28.2 Å². The van der Waals surface area contributed by atoms with Gasteiger partial charge in [-0.25, -0.2) is 4.98 Å². The number of aromatic nitrogens is 2. The first-order chi connectivity index (χ1) is 13.8. The van der Waals surface area contributed by atoms with Gasteiger partial charge in [0, 0.05) is 12.0 Å². The fourth-order valence-corrected chi connectivity index (χ4v) is 4.45. The first-order valence-corrected chi connectivity index (χ1v) is 11.3. The molecule has 0 saturated carbocycles. The second-order valence-electron chi connectivity index (χ2n) is 6.91. The van der Waals surface area contributed by atoms with Gasteiger partial charge in [-0.1, -0.05) is 23.5 Å². The standard InChI is InChI=1S/C19H24N2O6S2/c1-5-24-13(22)9-28-17-15-11-7-19(3,4)26-8-12(11)27-16(15)20-18(21-17)29-10-14(23)25-6-2/h5-10H2,1-4H3. The van der Waals surface area contributed by atoms with Crippen LogP contribution in [0.4, 0.5) is 0 Å². The van der Waals surface area contributed by atoms with E-state index in [1.807, 2.05) is 13.8 Å². The SMILES string of the molecule is CCOC(=O)CSc1nc(SCC(=O)OCC)c2c3c(oc2n1)COC(C)(C)C3.